The lowest BCUT2D eigenvalue weighted by Crippen LogP contribution is -2.07. The molecule has 2 aromatic rings. The number of rotatable bonds is 2. The summed E-state index contributed by atoms with van der Waals surface area (Å²) in [5.74, 6) is 0.390. The molecule has 0 saturated carbocycles. The van der Waals surface area contributed by atoms with Crippen molar-refractivity contribution >= 4 is 15.9 Å². The summed E-state index contributed by atoms with van der Waals surface area (Å²) in [5.41, 5.74) is 0.812. The number of methoxy groups -OCH3 is 1. The number of aryl methyl sites for hydroxylation is 1. The highest BCUT2D eigenvalue weighted by Gasteiger charge is 2.34. The third kappa shape index (κ3) is 2.98. The van der Waals surface area contributed by atoms with Crippen LogP contribution < -0.4 is 4.74 Å². The summed E-state index contributed by atoms with van der Waals surface area (Å²) in [6.45, 7) is 1.84. The van der Waals surface area contributed by atoms with Crippen molar-refractivity contribution in [2.45, 2.75) is 13.1 Å². The zero-order valence-corrected chi connectivity index (χ0v) is 12.5. The second-order valence-electron chi connectivity index (χ2n) is 4.39. The van der Waals surface area contributed by atoms with Gasteiger partial charge in [0.2, 0.25) is 0 Å². The van der Waals surface area contributed by atoms with E-state index in [-0.39, 0.29) is 5.56 Å². The van der Waals surface area contributed by atoms with Gasteiger partial charge in [-0.2, -0.15) is 13.2 Å². The second kappa shape index (κ2) is 5.48. The van der Waals surface area contributed by atoms with Gasteiger partial charge < -0.3 is 4.74 Å². The minimum absolute atomic E-state index is 0.104. The van der Waals surface area contributed by atoms with E-state index in [9.17, 15) is 13.2 Å². The fraction of sp³-hybridized carbons (Fsp3) is 0.200. The van der Waals surface area contributed by atoms with E-state index in [1.807, 2.05) is 13.0 Å². The third-order valence-corrected chi connectivity index (χ3v) is 3.64. The van der Waals surface area contributed by atoms with Crippen LogP contribution in [0.25, 0.3) is 11.1 Å². The van der Waals surface area contributed by atoms with Crippen LogP contribution in [0.5, 0.6) is 5.75 Å². The lowest BCUT2D eigenvalue weighted by Gasteiger charge is -2.16. The molecule has 0 aliphatic heterocycles. The summed E-state index contributed by atoms with van der Waals surface area (Å²) in [6, 6.07) is 9.06. The van der Waals surface area contributed by atoms with Gasteiger partial charge in [0.25, 0.3) is 0 Å². The molecule has 1 nitrogen and oxygen atoms in total. The molecule has 0 aliphatic rings. The topological polar surface area (TPSA) is 9.23 Å². The largest absolute Gasteiger partial charge is 0.497 e. The summed E-state index contributed by atoms with van der Waals surface area (Å²) in [4.78, 5) is 0. The van der Waals surface area contributed by atoms with Crippen molar-refractivity contribution in [3.05, 3.63) is 52.0 Å². The van der Waals surface area contributed by atoms with Crippen LogP contribution in [-0.2, 0) is 6.18 Å². The van der Waals surface area contributed by atoms with E-state index in [0.29, 0.717) is 15.8 Å². The molecule has 2 aromatic carbocycles. The molecule has 0 radical (unpaired) electrons. The SMILES string of the molecule is COc1ccc(C(F)(F)F)c(-c2cc(C)ccc2Br)c1. The van der Waals surface area contributed by atoms with Crippen molar-refractivity contribution in [2.24, 2.45) is 0 Å². The van der Waals surface area contributed by atoms with E-state index >= 15 is 0 Å². The standard InChI is InChI=1S/C15H12BrF3O/c1-9-3-6-14(16)12(7-9)11-8-10(20-2)4-5-13(11)15(17,18)19/h3-8H,1-2H3. The Morgan fingerprint density at radius 1 is 1.00 bits per heavy atom. The Labute approximate surface area is 123 Å². The number of alkyl halides is 3. The molecule has 0 aromatic heterocycles. The number of halogens is 4. The summed E-state index contributed by atoms with van der Waals surface area (Å²) in [7, 11) is 1.43. The highest BCUT2D eigenvalue weighted by Crippen LogP contribution is 2.41. The van der Waals surface area contributed by atoms with E-state index in [1.54, 1.807) is 12.1 Å². The van der Waals surface area contributed by atoms with Gasteiger partial charge in [-0.1, -0.05) is 33.6 Å². The van der Waals surface area contributed by atoms with Crippen molar-refractivity contribution < 1.29 is 17.9 Å². The van der Waals surface area contributed by atoms with Gasteiger partial charge >= 0.3 is 6.18 Å². The van der Waals surface area contributed by atoms with Crippen molar-refractivity contribution in [2.75, 3.05) is 7.11 Å². The van der Waals surface area contributed by atoms with E-state index < -0.39 is 11.7 Å². The number of hydrogen-bond acceptors (Lipinski definition) is 1. The summed E-state index contributed by atoms with van der Waals surface area (Å²) < 4.78 is 45.1. The molecule has 2 rings (SSSR count). The van der Waals surface area contributed by atoms with Crippen LogP contribution in [0.4, 0.5) is 13.2 Å². The molecule has 0 N–H and O–H groups in total. The maximum Gasteiger partial charge on any atom is 0.417 e. The van der Waals surface area contributed by atoms with Crippen LogP contribution in [0.1, 0.15) is 11.1 Å². The van der Waals surface area contributed by atoms with Crippen LogP contribution in [-0.4, -0.2) is 7.11 Å². The van der Waals surface area contributed by atoms with E-state index in [4.69, 9.17) is 4.74 Å². The Bertz CT molecular complexity index is 636. The van der Waals surface area contributed by atoms with Crippen molar-refractivity contribution in [1.82, 2.24) is 0 Å². The average Bonchev–Trinajstić information content (AvgIpc) is 2.39. The molecule has 0 atom stereocenters. The monoisotopic (exact) mass is 344 g/mol. The minimum atomic E-state index is -4.41. The van der Waals surface area contributed by atoms with Gasteiger partial charge in [-0.15, -0.1) is 0 Å². The van der Waals surface area contributed by atoms with Gasteiger partial charge in [0, 0.05) is 4.47 Å². The minimum Gasteiger partial charge on any atom is -0.497 e. The normalized spacial score (nSPS) is 11.5. The molecule has 0 spiro atoms. The molecule has 0 bridgehead atoms. The molecule has 106 valence electrons. The van der Waals surface area contributed by atoms with Crippen molar-refractivity contribution in [3.8, 4) is 16.9 Å². The van der Waals surface area contributed by atoms with Crippen LogP contribution in [0.3, 0.4) is 0 Å². The van der Waals surface area contributed by atoms with E-state index in [0.717, 1.165) is 11.6 Å². The highest BCUT2D eigenvalue weighted by molar-refractivity contribution is 9.10. The number of ether oxygens (including phenoxy) is 1. The summed E-state index contributed by atoms with van der Waals surface area (Å²) in [6.07, 6.45) is -4.41. The van der Waals surface area contributed by atoms with Crippen molar-refractivity contribution in [1.29, 1.82) is 0 Å². The number of hydrogen-bond donors (Lipinski definition) is 0. The van der Waals surface area contributed by atoms with Crippen LogP contribution in [0, 0.1) is 6.92 Å². The molecule has 0 heterocycles. The van der Waals surface area contributed by atoms with E-state index in [2.05, 4.69) is 15.9 Å². The Kier molecular flexibility index (Phi) is 4.09. The quantitative estimate of drug-likeness (QED) is 0.703. The van der Waals surface area contributed by atoms with Gasteiger partial charge in [-0.25, -0.2) is 0 Å². The molecule has 0 fully saturated rings. The van der Waals surface area contributed by atoms with Gasteiger partial charge in [-0.05, 0) is 42.3 Å². The van der Waals surface area contributed by atoms with Crippen LogP contribution >= 0.6 is 15.9 Å². The molecule has 0 amide bonds. The first-order valence-corrected chi connectivity index (χ1v) is 6.64. The fourth-order valence-corrected chi connectivity index (χ4v) is 2.43. The molecular weight excluding hydrogens is 333 g/mol. The van der Waals surface area contributed by atoms with Gasteiger partial charge in [0.15, 0.2) is 0 Å². The first kappa shape index (κ1) is 14.9. The Morgan fingerprint density at radius 2 is 1.70 bits per heavy atom. The lowest BCUT2D eigenvalue weighted by atomic mass is 9.97. The van der Waals surface area contributed by atoms with Gasteiger partial charge in [0.05, 0.1) is 12.7 Å². The van der Waals surface area contributed by atoms with Gasteiger partial charge in [-0.3, -0.25) is 0 Å². The zero-order valence-electron chi connectivity index (χ0n) is 10.9. The van der Waals surface area contributed by atoms with Crippen LogP contribution in [0.15, 0.2) is 40.9 Å². The fourth-order valence-electron chi connectivity index (χ4n) is 1.97. The Balaban J connectivity index is 2.73. The molecule has 0 saturated heterocycles. The van der Waals surface area contributed by atoms with Crippen LogP contribution in [0.2, 0.25) is 0 Å². The molecule has 5 heteroatoms. The highest BCUT2D eigenvalue weighted by atomic mass is 79.9. The molecular formula is C15H12BrF3O. The summed E-state index contributed by atoms with van der Waals surface area (Å²) in [5, 5.41) is 0. The maximum atomic E-state index is 13.1. The zero-order chi connectivity index (χ0) is 14.9. The lowest BCUT2D eigenvalue weighted by molar-refractivity contribution is -0.137. The third-order valence-electron chi connectivity index (χ3n) is 2.94. The predicted octanol–water partition coefficient (Wildman–Crippen LogP) is 5.45. The Morgan fingerprint density at radius 3 is 2.30 bits per heavy atom. The van der Waals surface area contributed by atoms with Gasteiger partial charge in [0.1, 0.15) is 5.75 Å². The Hall–Kier alpha value is -1.49. The second-order valence-corrected chi connectivity index (χ2v) is 5.25. The molecule has 0 aliphatic carbocycles. The molecule has 20 heavy (non-hydrogen) atoms. The van der Waals surface area contributed by atoms with E-state index in [1.165, 1.54) is 19.2 Å². The summed E-state index contributed by atoms with van der Waals surface area (Å²) >= 11 is 3.31. The van der Waals surface area contributed by atoms with Crippen molar-refractivity contribution in [3.63, 3.8) is 0 Å². The smallest absolute Gasteiger partial charge is 0.417 e. The average molecular weight is 345 g/mol. The number of benzene rings is 2. The first-order chi connectivity index (χ1) is 9.32. The maximum absolute atomic E-state index is 13.1. The molecule has 0 unspecified atom stereocenters. The predicted molar refractivity (Wildman–Crippen MR) is 75.9 cm³/mol. The first-order valence-electron chi connectivity index (χ1n) is 5.84.